The van der Waals surface area contributed by atoms with Gasteiger partial charge in [0, 0.05) is 23.9 Å². The van der Waals surface area contributed by atoms with Crippen LogP contribution in [0.4, 0.5) is 11.4 Å². The number of hydrogen-bond acceptors (Lipinski definition) is 5. The van der Waals surface area contributed by atoms with Gasteiger partial charge in [0.1, 0.15) is 12.4 Å². The summed E-state index contributed by atoms with van der Waals surface area (Å²) in [5, 5.41) is 16.4. The molecule has 156 valence electrons. The summed E-state index contributed by atoms with van der Waals surface area (Å²) in [6.07, 6.45) is 2.73. The zero-order chi connectivity index (χ0) is 22.1. The average molecular weight is 433 g/mol. The number of thiocarbonyl (C=S) groups is 1. The molecule has 31 heavy (non-hydrogen) atoms. The predicted molar refractivity (Wildman–Crippen MR) is 124 cm³/mol. The van der Waals surface area contributed by atoms with Crippen molar-refractivity contribution in [2.75, 3.05) is 5.32 Å². The quantitative estimate of drug-likeness (QED) is 0.243. The molecule has 1 amide bonds. The summed E-state index contributed by atoms with van der Waals surface area (Å²) in [6.45, 7) is 0.471. The lowest BCUT2D eigenvalue weighted by atomic mass is 10.2. The minimum absolute atomic E-state index is 0.0454. The summed E-state index contributed by atoms with van der Waals surface area (Å²) < 4.78 is 5.73. The number of carbonyl (C=O) groups excluding carboxylic acids is 1. The van der Waals surface area contributed by atoms with Crippen molar-refractivity contribution in [3.63, 3.8) is 0 Å². The van der Waals surface area contributed by atoms with Crippen LogP contribution in [-0.4, -0.2) is 15.9 Å². The van der Waals surface area contributed by atoms with Gasteiger partial charge < -0.3 is 10.1 Å². The van der Waals surface area contributed by atoms with Crippen LogP contribution in [0.3, 0.4) is 0 Å². The van der Waals surface area contributed by atoms with Gasteiger partial charge in [-0.25, -0.2) is 0 Å². The van der Waals surface area contributed by atoms with Crippen molar-refractivity contribution in [2.24, 2.45) is 0 Å². The summed E-state index contributed by atoms with van der Waals surface area (Å²) in [5.41, 5.74) is 2.26. The van der Waals surface area contributed by atoms with Gasteiger partial charge in [0.2, 0.25) is 5.91 Å². The van der Waals surface area contributed by atoms with Gasteiger partial charge in [-0.05, 0) is 53.7 Å². The van der Waals surface area contributed by atoms with Crippen LogP contribution < -0.4 is 15.4 Å². The Bertz CT molecular complexity index is 1100. The molecule has 0 saturated carbocycles. The maximum atomic E-state index is 12.0. The largest absolute Gasteiger partial charge is 0.489 e. The average Bonchev–Trinajstić information content (AvgIpc) is 2.78. The lowest BCUT2D eigenvalue weighted by Crippen LogP contribution is -2.32. The van der Waals surface area contributed by atoms with E-state index < -0.39 is 10.8 Å². The summed E-state index contributed by atoms with van der Waals surface area (Å²) in [5.74, 6) is 0.260. The number of anilines is 1. The van der Waals surface area contributed by atoms with Crippen molar-refractivity contribution in [1.29, 1.82) is 0 Å². The van der Waals surface area contributed by atoms with Crippen LogP contribution in [0.1, 0.15) is 11.1 Å². The number of benzene rings is 3. The third-order valence-corrected chi connectivity index (χ3v) is 4.31. The van der Waals surface area contributed by atoms with Gasteiger partial charge in [-0.1, -0.05) is 42.5 Å². The fraction of sp³-hybridized carbons (Fsp3) is 0.0435. The first-order valence-corrected chi connectivity index (χ1v) is 9.72. The Morgan fingerprint density at radius 1 is 1.03 bits per heavy atom. The number of hydrogen-bond donors (Lipinski definition) is 2. The van der Waals surface area contributed by atoms with Crippen LogP contribution in [0.25, 0.3) is 6.08 Å². The number of non-ortho nitro benzene ring substituents is 1. The molecule has 0 heterocycles. The Balaban J connectivity index is 1.48. The molecule has 0 aliphatic rings. The molecule has 3 aromatic rings. The Hall–Kier alpha value is -4.04. The highest BCUT2D eigenvalue weighted by Gasteiger charge is 2.05. The van der Waals surface area contributed by atoms with Crippen LogP contribution in [-0.2, 0) is 11.4 Å². The third kappa shape index (κ3) is 7.06. The summed E-state index contributed by atoms with van der Waals surface area (Å²) >= 11 is 5.15. The highest BCUT2D eigenvalue weighted by Crippen LogP contribution is 2.17. The van der Waals surface area contributed by atoms with E-state index in [9.17, 15) is 14.9 Å². The first-order chi connectivity index (χ1) is 15.0. The summed E-state index contributed by atoms with van der Waals surface area (Å²) in [4.78, 5) is 22.3. The second-order valence-corrected chi connectivity index (χ2v) is 6.84. The van der Waals surface area contributed by atoms with Crippen molar-refractivity contribution in [3.8, 4) is 5.75 Å². The number of rotatable bonds is 7. The molecule has 0 aliphatic carbocycles. The van der Waals surface area contributed by atoms with Gasteiger partial charge in [0.05, 0.1) is 4.92 Å². The maximum absolute atomic E-state index is 12.0. The monoisotopic (exact) mass is 433 g/mol. The number of carbonyl (C=O) groups is 1. The number of nitrogens with one attached hydrogen (secondary N) is 2. The minimum atomic E-state index is -0.492. The second kappa shape index (κ2) is 10.7. The van der Waals surface area contributed by atoms with E-state index >= 15 is 0 Å². The van der Waals surface area contributed by atoms with Crippen molar-refractivity contribution in [2.45, 2.75) is 6.61 Å². The van der Waals surface area contributed by atoms with Gasteiger partial charge in [-0.15, -0.1) is 0 Å². The smallest absolute Gasteiger partial charge is 0.270 e. The Morgan fingerprint density at radius 2 is 1.77 bits per heavy atom. The molecular formula is C23H19N3O4S. The van der Waals surface area contributed by atoms with Crippen LogP contribution in [0.5, 0.6) is 5.75 Å². The molecule has 0 atom stereocenters. The lowest BCUT2D eigenvalue weighted by Gasteiger charge is -2.10. The molecule has 2 N–H and O–H groups in total. The Morgan fingerprint density at radius 3 is 2.48 bits per heavy atom. The lowest BCUT2D eigenvalue weighted by molar-refractivity contribution is -0.384. The van der Waals surface area contributed by atoms with Gasteiger partial charge in [0.25, 0.3) is 5.69 Å². The fourth-order valence-electron chi connectivity index (χ4n) is 2.61. The minimum Gasteiger partial charge on any atom is -0.489 e. The maximum Gasteiger partial charge on any atom is 0.270 e. The Labute approximate surface area is 184 Å². The molecule has 0 radical (unpaired) electrons. The zero-order valence-electron chi connectivity index (χ0n) is 16.4. The molecule has 0 unspecified atom stereocenters. The first-order valence-electron chi connectivity index (χ1n) is 9.31. The number of nitro benzene ring substituents is 1. The molecule has 0 fully saturated rings. The van der Waals surface area contributed by atoms with E-state index in [1.54, 1.807) is 36.4 Å². The zero-order valence-corrected chi connectivity index (χ0v) is 17.2. The van der Waals surface area contributed by atoms with Crippen molar-refractivity contribution in [3.05, 3.63) is 106 Å². The first kappa shape index (κ1) is 21.7. The SMILES string of the molecule is O=C(/C=C/c1cccc([N+](=O)[O-])c1)NC(=S)Nc1ccc(OCc2ccccc2)cc1. The highest BCUT2D eigenvalue weighted by atomic mass is 32.1. The van der Waals surface area contributed by atoms with Gasteiger partial charge in [-0.2, -0.15) is 0 Å². The van der Waals surface area contributed by atoms with Gasteiger partial charge in [0.15, 0.2) is 5.11 Å². The van der Waals surface area contributed by atoms with Crippen LogP contribution in [0.15, 0.2) is 84.9 Å². The summed E-state index contributed by atoms with van der Waals surface area (Å²) in [7, 11) is 0. The Kier molecular flexibility index (Phi) is 7.45. The fourth-order valence-corrected chi connectivity index (χ4v) is 2.82. The molecule has 0 spiro atoms. The van der Waals surface area contributed by atoms with E-state index in [0.29, 0.717) is 23.6 Å². The number of nitrogens with zero attached hydrogens (tertiary/aromatic N) is 1. The van der Waals surface area contributed by atoms with Crippen molar-refractivity contribution < 1.29 is 14.5 Å². The molecule has 7 nitrogen and oxygen atoms in total. The van der Waals surface area contributed by atoms with Crippen molar-refractivity contribution in [1.82, 2.24) is 5.32 Å². The molecule has 3 rings (SSSR count). The molecule has 0 aromatic heterocycles. The number of amides is 1. The molecule has 0 aliphatic heterocycles. The van der Waals surface area contributed by atoms with Crippen molar-refractivity contribution >= 4 is 40.7 Å². The second-order valence-electron chi connectivity index (χ2n) is 6.43. The molecule has 0 saturated heterocycles. The summed E-state index contributed by atoms with van der Waals surface area (Å²) in [6, 6.07) is 23.0. The van der Waals surface area contributed by atoms with E-state index in [2.05, 4.69) is 10.6 Å². The van der Waals surface area contributed by atoms with E-state index in [0.717, 1.165) is 5.56 Å². The van der Waals surface area contributed by atoms with E-state index in [-0.39, 0.29) is 10.8 Å². The van der Waals surface area contributed by atoms with Crippen LogP contribution >= 0.6 is 12.2 Å². The molecule has 0 bridgehead atoms. The van der Waals surface area contributed by atoms with E-state index in [1.807, 2.05) is 30.3 Å². The normalized spacial score (nSPS) is 10.5. The highest BCUT2D eigenvalue weighted by molar-refractivity contribution is 7.80. The third-order valence-electron chi connectivity index (χ3n) is 4.11. The van der Waals surface area contributed by atoms with Gasteiger partial charge in [-0.3, -0.25) is 20.2 Å². The van der Waals surface area contributed by atoms with E-state index in [1.165, 1.54) is 24.3 Å². The molecular weight excluding hydrogens is 414 g/mol. The van der Waals surface area contributed by atoms with E-state index in [4.69, 9.17) is 17.0 Å². The predicted octanol–water partition coefficient (Wildman–Crippen LogP) is 4.70. The molecule has 3 aromatic carbocycles. The van der Waals surface area contributed by atoms with Crippen LogP contribution in [0.2, 0.25) is 0 Å². The standard InChI is InChI=1S/C23H19N3O4S/c27-22(14-9-17-7-4-8-20(15-17)26(28)29)25-23(31)24-19-10-12-21(13-11-19)30-16-18-5-2-1-3-6-18/h1-15H,16H2,(H2,24,25,27,31)/b14-9+. The van der Waals surface area contributed by atoms with Crippen LogP contribution in [0, 0.1) is 10.1 Å². The van der Waals surface area contributed by atoms with Gasteiger partial charge >= 0.3 is 0 Å². The number of nitro groups is 1. The topological polar surface area (TPSA) is 93.5 Å². The number of ether oxygens (including phenoxy) is 1. The molecule has 8 heteroatoms.